The van der Waals surface area contributed by atoms with Crippen molar-refractivity contribution in [1.82, 2.24) is 5.32 Å². The molecule has 0 heterocycles. The van der Waals surface area contributed by atoms with Crippen LogP contribution in [-0.2, 0) is 9.53 Å². The van der Waals surface area contributed by atoms with Gasteiger partial charge < -0.3 is 15.8 Å². The molecule has 1 unspecified atom stereocenters. The predicted octanol–water partition coefficient (Wildman–Crippen LogP) is 1.22. The van der Waals surface area contributed by atoms with Crippen LogP contribution in [0.3, 0.4) is 0 Å². The van der Waals surface area contributed by atoms with Gasteiger partial charge in [0.05, 0.1) is 6.61 Å². The van der Waals surface area contributed by atoms with E-state index >= 15 is 0 Å². The third kappa shape index (κ3) is 4.68. The van der Waals surface area contributed by atoms with E-state index in [1.54, 1.807) is 7.11 Å². The van der Waals surface area contributed by atoms with E-state index in [2.05, 4.69) is 12.2 Å². The maximum atomic E-state index is 11.7. The highest BCUT2D eigenvalue weighted by atomic mass is 35.5. The number of amides is 1. The molecular weight excluding hydrogens is 228 g/mol. The van der Waals surface area contributed by atoms with Gasteiger partial charge in [-0.15, -0.1) is 12.4 Å². The molecule has 0 radical (unpaired) electrons. The summed E-state index contributed by atoms with van der Waals surface area (Å²) >= 11 is 0. The summed E-state index contributed by atoms with van der Waals surface area (Å²) in [7, 11) is 1.55. The third-order valence-electron chi connectivity index (χ3n) is 3.07. The van der Waals surface area contributed by atoms with Crippen molar-refractivity contribution in [1.29, 1.82) is 0 Å². The molecule has 5 heteroatoms. The van der Waals surface area contributed by atoms with E-state index in [-0.39, 0.29) is 30.5 Å². The molecule has 0 saturated heterocycles. The lowest BCUT2D eigenvalue weighted by atomic mass is 9.83. The lowest BCUT2D eigenvalue weighted by molar-refractivity contribution is -0.125. The lowest BCUT2D eigenvalue weighted by Crippen LogP contribution is -2.54. The van der Waals surface area contributed by atoms with Gasteiger partial charge in [0, 0.05) is 12.6 Å². The number of nitrogens with two attached hydrogens (primary N) is 1. The highest BCUT2D eigenvalue weighted by molar-refractivity contribution is 5.85. The molecule has 0 aromatic heterocycles. The quantitative estimate of drug-likeness (QED) is 0.789. The zero-order valence-electron chi connectivity index (χ0n) is 10.1. The molecule has 1 aliphatic carbocycles. The topological polar surface area (TPSA) is 64.3 Å². The number of ether oxygens (including phenoxy) is 1. The van der Waals surface area contributed by atoms with Crippen molar-refractivity contribution in [3.8, 4) is 0 Å². The van der Waals surface area contributed by atoms with Crippen molar-refractivity contribution in [3.63, 3.8) is 0 Å². The Balaban J connectivity index is 0.00000225. The third-order valence-corrected chi connectivity index (χ3v) is 3.07. The number of carbonyl (C=O) groups excluding carboxylic acids is 1. The number of carbonyl (C=O) groups is 1. The monoisotopic (exact) mass is 250 g/mol. The van der Waals surface area contributed by atoms with E-state index in [0.29, 0.717) is 0 Å². The van der Waals surface area contributed by atoms with Crippen LogP contribution in [-0.4, -0.2) is 31.2 Å². The Morgan fingerprint density at radius 3 is 2.50 bits per heavy atom. The van der Waals surface area contributed by atoms with E-state index in [9.17, 15) is 4.79 Å². The first-order valence-electron chi connectivity index (χ1n) is 5.64. The molecule has 0 aromatic rings. The van der Waals surface area contributed by atoms with Crippen LogP contribution < -0.4 is 11.1 Å². The first-order chi connectivity index (χ1) is 7.07. The van der Waals surface area contributed by atoms with Crippen LogP contribution in [0.5, 0.6) is 0 Å². The van der Waals surface area contributed by atoms with E-state index in [4.69, 9.17) is 10.5 Å². The summed E-state index contributed by atoms with van der Waals surface area (Å²) in [5.41, 5.74) is 5.61. The molecular formula is C11H23ClN2O2. The fourth-order valence-corrected chi connectivity index (χ4v) is 2.10. The minimum Gasteiger partial charge on any atom is -0.383 e. The standard InChI is InChI=1S/C11H22N2O2.ClH/c1-11(6-4-3-5-7-11)13-10(14)9(12)8-15-2;/h9H,3-8,12H2,1-2H3,(H,13,14);1H. The van der Waals surface area contributed by atoms with Gasteiger partial charge in [0.1, 0.15) is 6.04 Å². The summed E-state index contributed by atoms with van der Waals surface area (Å²) in [6.07, 6.45) is 5.76. The smallest absolute Gasteiger partial charge is 0.239 e. The lowest BCUT2D eigenvalue weighted by Gasteiger charge is -2.35. The van der Waals surface area contributed by atoms with Crippen LogP contribution in [0.25, 0.3) is 0 Å². The molecule has 0 spiro atoms. The van der Waals surface area contributed by atoms with E-state index in [1.165, 1.54) is 19.3 Å². The summed E-state index contributed by atoms with van der Waals surface area (Å²) in [5.74, 6) is -0.0961. The van der Waals surface area contributed by atoms with Crippen molar-refractivity contribution in [2.24, 2.45) is 5.73 Å². The second-order valence-electron chi connectivity index (χ2n) is 4.67. The summed E-state index contributed by atoms with van der Waals surface area (Å²) in [4.78, 5) is 11.7. The summed E-state index contributed by atoms with van der Waals surface area (Å²) < 4.78 is 4.86. The zero-order chi connectivity index (χ0) is 11.3. The fourth-order valence-electron chi connectivity index (χ4n) is 2.10. The van der Waals surface area contributed by atoms with Gasteiger partial charge in [-0.1, -0.05) is 19.3 Å². The van der Waals surface area contributed by atoms with Crippen molar-refractivity contribution in [2.45, 2.75) is 50.6 Å². The van der Waals surface area contributed by atoms with Crippen molar-refractivity contribution in [2.75, 3.05) is 13.7 Å². The van der Waals surface area contributed by atoms with Crippen LogP contribution in [0.15, 0.2) is 0 Å². The highest BCUT2D eigenvalue weighted by Gasteiger charge is 2.29. The molecule has 1 atom stereocenters. The Hall–Kier alpha value is -0.320. The Morgan fingerprint density at radius 2 is 2.00 bits per heavy atom. The van der Waals surface area contributed by atoms with Crippen LogP contribution in [0.2, 0.25) is 0 Å². The second kappa shape index (κ2) is 7.09. The van der Waals surface area contributed by atoms with Gasteiger partial charge in [0.2, 0.25) is 5.91 Å². The molecule has 1 rings (SSSR count). The largest absolute Gasteiger partial charge is 0.383 e. The Labute approximate surface area is 104 Å². The van der Waals surface area contributed by atoms with Crippen molar-refractivity contribution < 1.29 is 9.53 Å². The van der Waals surface area contributed by atoms with Gasteiger partial charge in [-0.2, -0.15) is 0 Å². The molecule has 3 N–H and O–H groups in total. The average Bonchev–Trinajstić information content (AvgIpc) is 2.18. The van der Waals surface area contributed by atoms with Gasteiger partial charge >= 0.3 is 0 Å². The first kappa shape index (κ1) is 15.7. The van der Waals surface area contributed by atoms with Crippen molar-refractivity contribution >= 4 is 18.3 Å². The molecule has 16 heavy (non-hydrogen) atoms. The molecule has 0 aromatic carbocycles. The molecule has 1 aliphatic rings. The van der Waals surface area contributed by atoms with Gasteiger partial charge in [-0.3, -0.25) is 4.79 Å². The number of methoxy groups -OCH3 is 1. The summed E-state index contributed by atoms with van der Waals surface area (Å²) in [5, 5.41) is 3.04. The van der Waals surface area contributed by atoms with E-state index < -0.39 is 6.04 Å². The molecule has 0 bridgehead atoms. The van der Waals surface area contributed by atoms with Gasteiger partial charge in [-0.05, 0) is 19.8 Å². The molecule has 1 amide bonds. The Bertz CT molecular complexity index is 218. The number of hydrogen-bond acceptors (Lipinski definition) is 3. The first-order valence-corrected chi connectivity index (χ1v) is 5.64. The second-order valence-corrected chi connectivity index (χ2v) is 4.67. The van der Waals surface area contributed by atoms with Gasteiger partial charge in [0.25, 0.3) is 0 Å². The SMILES string of the molecule is COCC(N)C(=O)NC1(C)CCCCC1.Cl. The highest BCUT2D eigenvalue weighted by Crippen LogP contribution is 2.27. The maximum absolute atomic E-state index is 11.7. The van der Waals surface area contributed by atoms with Gasteiger partial charge in [-0.25, -0.2) is 0 Å². The average molecular weight is 251 g/mol. The molecule has 4 nitrogen and oxygen atoms in total. The number of nitrogens with one attached hydrogen (secondary N) is 1. The molecule has 1 saturated carbocycles. The Morgan fingerprint density at radius 1 is 1.44 bits per heavy atom. The zero-order valence-corrected chi connectivity index (χ0v) is 10.9. The summed E-state index contributed by atoms with van der Waals surface area (Å²) in [6, 6.07) is -0.547. The normalized spacial score (nSPS) is 20.7. The predicted molar refractivity (Wildman–Crippen MR) is 66.7 cm³/mol. The van der Waals surface area contributed by atoms with Crippen LogP contribution >= 0.6 is 12.4 Å². The molecule has 96 valence electrons. The number of halogens is 1. The minimum atomic E-state index is -0.547. The van der Waals surface area contributed by atoms with Crippen LogP contribution in [0.1, 0.15) is 39.0 Å². The van der Waals surface area contributed by atoms with Gasteiger partial charge in [0.15, 0.2) is 0 Å². The minimum absolute atomic E-state index is 0. The van der Waals surface area contributed by atoms with E-state index in [1.807, 2.05) is 0 Å². The fraction of sp³-hybridized carbons (Fsp3) is 0.909. The van der Waals surface area contributed by atoms with E-state index in [0.717, 1.165) is 12.8 Å². The molecule has 0 aliphatic heterocycles. The van der Waals surface area contributed by atoms with Crippen molar-refractivity contribution in [3.05, 3.63) is 0 Å². The number of hydrogen-bond donors (Lipinski definition) is 2. The maximum Gasteiger partial charge on any atom is 0.239 e. The summed E-state index contributed by atoms with van der Waals surface area (Å²) in [6.45, 7) is 2.38. The van der Waals surface area contributed by atoms with Crippen LogP contribution in [0.4, 0.5) is 0 Å². The molecule has 1 fully saturated rings. The van der Waals surface area contributed by atoms with Crippen LogP contribution in [0, 0.1) is 0 Å². The Kier molecular flexibility index (Phi) is 6.95. The number of rotatable bonds is 4.